The van der Waals surface area contributed by atoms with Crippen molar-refractivity contribution in [3.8, 4) is 21.9 Å². The topological polar surface area (TPSA) is 76.8 Å². The number of aromatic amines is 1. The first-order valence-corrected chi connectivity index (χ1v) is 7.63. The molecule has 4 aromatic rings. The lowest BCUT2D eigenvalue weighted by molar-refractivity contribution is 0.447. The number of nitrogens with one attached hydrogen (secondary N) is 1. The summed E-state index contributed by atoms with van der Waals surface area (Å²) in [6, 6.07) is 8.02. The van der Waals surface area contributed by atoms with Gasteiger partial charge in [-0.1, -0.05) is 0 Å². The third kappa shape index (κ3) is 2.51. The molecule has 5 nitrogen and oxygen atoms in total. The Morgan fingerprint density at radius 1 is 1.17 bits per heavy atom. The molecular weight excluding hydrogens is 315 g/mol. The van der Waals surface area contributed by atoms with Gasteiger partial charge in [0.15, 0.2) is 11.6 Å². The first-order chi connectivity index (χ1) is 11.2. The number of aromatic nitrogens is 3. The standard InChI is InChI=1S/C16H11FN4OS/c17-11-5-10(18)1-2-13(11)22-14-3-4-19-12-6-15(23-16(12)14)9-7-20-21-8-9/h1-8H,18H2,(H,20,21). The molecule has 4 rings (SSSR count). The summed E-state index contributed by atoms with van der Waals surface area (Å²) in [6.07, 6.45) is 5.19. The van der Waals surface area contributed by atoms with E-state index in [0.717, 1.165) is 20.7 Å². The van der Waals surface area contributed by atoms with Gasteiger partial charge in [0.25, 0.3) is 0 Å². The number of anilines is 1. The van der Waals surface area contributed by atoms with E-state index in [0.29, 0.717) is 11.4 Å². The highest BCUT2D eigenvalue weighted by Crippen LogP contribution is 2.39. The number of thiophene rings is 1. The van der Waals surface area contributed by atoms with Crippen LogP contribution in [0.4, 0.5) is 10.1 Å². The van der Waals surface area contributed by atoms with Crippen molar-refractivity contribution in [2.75, 3.05) is 5.73 Å². The largest absolute Gasteiger partial charge is 0.453 e. The Bertz CT molecular complexity index is 981. The van der Waals surface area contributed by atoms with Crippen LogP contribution < -0.4 is 10.5 Å². The Morgan fingerprint density at radius 3 is 2.87 bits per heavy atom. The number of pyridine rings is 1. The number of rotatable bonds is 3. The van der Waals surface area contributed by atoms with Gasteiger partial charge < -0.3 is 10.5 Å². The summed E-state index contributed by atoms with van der Waals surface area (Å²) in [7, 11) is 0. The lowest BCUT2D eigenvalue weighted by Crippen LogP contribution is -1.91. The fraction of sp³-hybridized carbons (Fsp3) is 0. The summed E-state index contributed by atoms with van der Waals surface area (Å²) < 4.78 is 20.5. The molecule has 23 heavy (non-hydrogen) atoms. The van der Waals surface area contributed by atoms with Gasteiger partial charge in [-0.05, 0) is 18.2 Å². The molecule has 0 atom stereocenters. The van der Waals surface area contributed by atoms with E-state index in [9.17, 15) is 4.39 Å². The number of nitrogens with zero attached hydrogens (tertiary/aromatic N) is 2. The predicted octanol–water partition coefficient (Wildman–Crippen LogP) is 4.20. The Balaban J connectivity index is 1.78. The second kappa shape index (κ2) is 5.36. The van der Waals surface area contributed by atoms with Crippen LogP contribution in [-0.2, 0) is 0 Å². The first-order valence-electron chi connectivity index (χ1n) is 6.81. The molecular formula is C16H11FN4OS. The minimum atomic E-state index is -0.499. The maximum atomic E-state index is 13.9. The molecule has 0 aliphatic rings. The Kier molecular flexibility index (Phi) is 3.20. The monoisotopic (exact) mass is 326 g/mol. The van der Waals surface area contributed by atoms with E-state index < -0.39 is 5.82 Å². The average molecular weight is 326 g/mol. The second-order valence-corrected chi connectivity index (χ2v) is 5.97. The third-order valence-electron chi connectivity index (χ3n) is 3.33. The van der Waals surface area contributed by atoms with Crippen LogP contribution in [0.25, 0.3) is 20.7 Å². The molecule has 0 aliphatic carbocycles. The molecule has 0 bridgehead atoms. The van der Waals surface area contributed by atoms with Crippen LogP contribution in [0.2, 0.25) is 0 Å². The quantitative estimate of drug-likeness (QED) is 0.553. The van der Waals surface area contributed by atoms with E-state index in [4.69, 9.17) is 10.5 Å². The smallest absolute Gasteiger partial charge is 0.167 e. The molecule has 7 heteroatoms. The fourth-order valence-corrected chi connectivity index (χ4v) is 3.29. The predicted molar refractivity (Wildman–Crippen MR) is 88.1 cm³/mol. The molecule has 1 aromatic carbocycles. The molecule has 3 heterocycles. The van der Waals surface area contributed by atoms with E-state index in [1.165, 1.54) is 23.5 Å². The highest BCUT2D eigenvalue weighted by Gasteiger charge is 2.13. The highest BCUT2D eigenvalue weighted by atomic mass is 32.1. The van der Waals surface area contributed by atoms with E-state index in [2.05, 4.69) is 15.2 Å². The molecule has 0 spiro atoms. The Hall–Kier alpha value is -2.93. The summed E-state index contributed by atoms with van der Waals surface area (Å²) in [5.41, 5.74) is 7.67. The molecule has 3 N–H and O–H groups in total. The van der Waals surface area contributed by atoms with Crippen molar-refractivity contribution in [2.45, 2.75) is 0 Å². The molecule has 0 aliphatic heterocycles. The fourth-order valence-electron chi connectivity index (χ4n) is 2.24. The minimum Gasteiger partial charge on any atom is -0.453 e. The van der Waals surface area contributed by atoms with Crippen molar-refractivity contribution in [1.29, 1.82) is 0 Å². The summed E-state index contributed by atoms with van der Waals surface area (Å²) in [6.45, 7) is 0. The molecule has 0 radical (unpaired) electrons. The van der Waals surface area contributed by atoms with Gasteiger partial charge in [0, 0.05) is 40.7 Å². The van der Waals surface area contributed by atoms with Crippen LogP contribution in [0.3, 0.4) is 0 Å². The van der Waals surface area contributed by atoms with Crippen molar-refractivity contribution in [1.82, 2.24) is 15.2 Å². The van der Waals surface area contributed by atoms with Gasteiger partial charge >= 0.3 is 0 Å². The number of halogens is 1. The normalized spacial score (nSPS) is 11.0. The van der Waals surface area contributed by atoms with Crippen LogP contribution in [0.15, 0.2) is 48.9 Å². The van der Waals surface area contributed by atoms with Crippen molar-refractivity contribution in [3.05, 3.63) is 54.7 Å². The van der Waals surface area contributed by atoms with Gasteiger partial charge in [0.05, 0.1) is 16.4 Å². The van der Waals surface area contributed by atoms with E-state index >= 15 is 0 Å². The molecule has 0 amide bonds. The number of fused-ring (bicyclic) bond motifs is 1. The van der Waals surface area contributed by atoms with Crippen LogP contribution in [0.1, 0.15) is 0 Å². The number of hydrogen-bond donors (Lipinski definition) is 2. The summed E-state index contributed by atoms with van der Waals surface area (Å²) >= 11 is 1.52. The summed E-state index contributed by atoms with van der Waals surface area (Å²) in [5, 5.41) is 6.73. The Morgan fingerprint density at radius 2 is 2.09 bits per heavy atom. The lowest BCUT2D eigenvalue weighted by Gasteiger charge is -2.07. The molecule has 0 unspecified atom stereocenters. The number of nitrogen functional groups attached to an aromatic ring is 1. The molecule has 0 saturated carbocycles. The zero-order valence-corrected chi connectivity index (χ0v) is 12.6. The molecule has 0 saturated heterocycles. The van der Waals surface area contributed by atoms with E-state index in [-0.39, 0.29) is 5.75 Å². The van der Waals surface area contributed by atoms with Crippen LogP contribution in [-0.4, -0.2) is 15.2 Å². The second-order valence-electron chi connectivity index (χ2n) is 4.91. The lowest BCUT2D eigenvalue weighted by atomic mass is 10.2. The first kappa shape index (κ1) is 13.7. The SMILES string of the molecule is Nc1ccc(Oc2ccnc3cc(-c4cn[nH]c4)sc23)c(F)c1. The number of hydrogen-bond acceptors (Lipinski definition) is 5. The van der Waals surface area contributed by atoms with Crippen LogP contribution >= 0.6 is 11.3 Å². The highest BCUT2D eigenvalue weighted by molar-refractivity contribution is 7.22. The number of benzene rings is 1. The molecule has 114 valence electrons. The number of nitrogens with two attached hydrogens (primary N) is 1. The van der Waals surface area contributed by atoms with Crippen molar-refractivity contribution in [2.24, 2.45) is 0 Å². The zero-order valence-electron chi connectivity index (χ0n) is 11.8. The van der Waals surface area contributed by atoms with Crippen LogP contribution in [0.5, 0.6) is 11.5 Å². The third-order valence-corrected chi connectivity index (χ3v) is 4.52. The average Bonchev–Trinajstić information content (AvgIpc) is 3.18. The molecule has 3 aromatic heterocycles. The van der Waals surface area contributed by atoms with Gasteiger partial charge in [0.1, 0.15) is 5.75 Å². The maximum Gasteiger partial charge on any atom is 0.167 e. The Labute approximate surface area is 134 Å². The van der Waals surface area contributed by atoms with E-state index in [1.54, 1.807) is 24.5 Å². The van der Waals surface area contributed by atoms with Gasteiger partial charge in [-0.15, -0.1) is 11.3 Å². The molecule has 0 fully saturated rings. The van der Waals surface area contributed by atoms with Gasteiger partial charge in [-0.25, -0.2) is 4.39 Å². The van der Waals surface area contributed by atoms with E-state index in [1.807, 2.05) is 12.3 Å². The van der Waals surface area contributed by atoms with Crippen molar-refractivity contribution in [3.63, 3.8) is 0 Å². The van der Waals surface area contributed by atoms with Crippen molar-refractivity contribution >= 4 is 27.2 Å². The number of H-pyrrole nitrogens is 1. The minimum absolute atomic E-state index is 0.130. The van der Waals surface area contributed by atoms with Gasteiger partial charge in [0.2, 0.25) is 0 Å². The zero-order chi connectivity index (χ0) is 15.8. The number of ether oxygens (including phenoxy) is 1. The summed E-state index contributed by atoms with van der Waals surface area (Å²) in [4.78, 5) is 5.35. The van der Waals surface area contributed by atoms with Crippen LogP contribution in [0, 0.1) is 5.82 Å². The maximum absolute atomic E-state index is 13.9. The summed E-state index contributed by atoms with van der Waals surface area (Å²) in [5.74, 6) is 0.185. The van der Waals surface area contributed by atoms with Gasteiger partial charge in [-0.2, -0.15) is 5.10 Å². The van der Waals surface area contributed by atoms with Crippen molar-refractivity contribution < 1.29 is 9.13 Å². The van der Waals surface area contributed by atoms with Gasteiger partial charge in [-0.3, -0.25) is 10.1 Å².